The standard InChI is InChI=1S/C14H19NO3/c1-3-18-13-8-10(4-7-12(13)17-2)9-15-14(16)11-5-6-11/h4,7-8,11H,3,5-6,9H2,1-2H3,(H,15,16). The molecule has 0 unspecified atom stereocenters. The zero-order valence-electron chi connectivity index (χ0n) is 10.9. The summed E-state index contributed by atoms with van der Waals surface area (Å²) in [6.45, 7) is 3.06. The van der Waals surface area contributed by atoms with Crippen molar-refractivity contribution in [2.45, 2.75) is 26.3 Å². The highest BCUT2D eigenvalue weighted by Crippen LogP contribution is 2.30. The van der Waals surface area contributed by atoms with E-state index in [2.05, 4.69) is 5.32 Å². The molecule has 1 N–H and O–H groups in total. The van der Waals surface area contributed by atoms with E-state index in [0.717, 1.165) is 24.2 Å². The topological polar surface area (TPSA) is 47.6 Å². The van der Waals surface area contributed by atoms with E-state index in [0.29, 0.717) is 18.9 Å². The smallest absolute Gasteiger partial charge is 0.223 e. The van der Waals surface area contributed by atoms with E-state index in [1.807, 2.05) is 25.1 Å². The van der Waals surface area contributed by atoms with Gasteiger partial charge in [-0.15, -0.1) is 0 Å². The van der Waals surface area contributed by atoms with Gasteiger partial charge in [0.2, 0.25) is 5.91 Å². The highest BCUT2D eigenvalue weighted by Gasteiger charge is 2.29. The molecule has 0 radical (unpaired) electrons. The third-order valence-electron chi connectivity index (χ3n) is 2.94. The third-order valence-corrected chi connectivity index (χ3v) is 2.94. The number of hydrogen-bond donors (Lipinski definition) is 1. The second-order valence-electron chi connectivity index (χ2n) is 4.41. The van der Waals surface area contributed by atoms with Crippen LogP contribution in [0.25, 0.3) is 0 Å². The van der Waals surface area contributed by atoms with Crippen LogP contribution in [0.5, 0.6) is 11.5 Å². The lowest BCUT2D eigenvalue weighted by molar-refractivity contribution is -0.122. The molecule has 1 fully saturated rings. The van der Waals surface area contributed by atoms with Gasteiger partial charge in [-0.2, -0.15) is 0 Å². The first-order valence-corrected chi connectivity index (χ1v) is 6.32. The van der Waals surface area contributed by atoms with Gasteiger partial charge in [-0.1, -0.05) is 6.07 Å². The summed E-state index contributed by atoms with van der Waals surface area (Å²) in [5.74, 6) is 1.84. The highest BCUT2D eigenvalue weighted by atomic mass is 16.5. The number of hydrogen-bond acceptors (Lipinski definition) is 3. The molecule has 4 heteroatoms. The minimum Gasteiger partial charge on any atom is -0.493 e. The average Bonchev–Trinajstić information content (AvgIpc) is 3.21. The Labute approximate surface area is 107 Å². The van der Waals surface area contributed by atoms with Crippen molar-refractivity contribution >= 4 is 5.91 Å². The van der Waals surface area contributed by atoms with Crippen LogP contribution in [0.1, 0.15) is 25.3 Å². The molecule has 1 aliphatic carbocycles. The van der Waals surface area contributed by atoms with E-state index in [1.54, 1.807) is 7.11 Å². The molecular weight excluding hydrogens is 230 g/mol. The molecule has 2 rings (SSSR count). The maximum Gasteiger partial charge on any atom is 0.223 e. The summed E-state index contributed by atoms with van der Waals surface area (Å²) in [5.41, 5.74) is 1.02. The van der Waals surface area contributed by atoms with Gasteiger partial charge in [-0.05, 0) is 37.5 Å². The van der Waals surface area contributed by atoms with Gasteiger partial charge in [0, 0.05) is 12.5 Å². The predicted octanol–water partition coefficient (Wildman–Crippen LogP) is 2.12. The molecule has 1 aromatic carbocycles. The number of methoxy groups -OCH3 is 1. The van der Waals surface area contributed by atoms with Gasteiger partial charge in [0.15, 0.2) is 11.5 Å². The van der Waals surface area contributed by atoms with Crippen LogP contribution in [-0.2, 0) is 11.3 Å². The summed E-state index contributed by atoms with van der Waals surface area (Å²) >= 11 is 0. The maximum absolute atomic E-state index is 11.5. The zero-order valence-corrected chi connectivity index (χ0v) is 10.9. The molecule has 0 aliphatic heterocycles. The van der Waals surface area contributed by atoms with Crippen LogP contribution < -0.4 is 14.8 Å². The number of carbonyl (C=O) groups is 1. The normalized spacial score (nSPS) is 14.1. The van der Waals surface area contributed by atoms with Crippen molar-refractivity contribution in [3.8, 4) is 11.5 Å². The Morgan fingerprint density at radius 2 is 2.17 bits per heavy atom. The monoisotopic (exact) mass is 249 g/mol. The largest absolute Gasteiger partial charge is 0.493 e. The predicted molar refractivity (Wildman–Crippen MR) is 68.7 cm³/mol. The van der Waals surface area contributed by atoms with Crippen molar-refractivity contribution in [2.75, 3.05) is 13.7 Å². The van der Waals surface area contributed by atoms with Crippen molar-refractivity contribution in [2.24, 2.45) is 5.92 Å². The molecule has 0 heterocycles. The Hall–Kier alpha value is -1.71. The van der Waals surface area contributed by atoms with E-state index in [-0.39, 0.29) is 11.8 Å². The first-order chi connectivity index (χ1) is 8.74. The summed E-state index contributed by atoms with van der Waals surface area (Å²) in [4.78, 5) is 11.5. The van der Waals surface area contributed by atoms with Crippen LogP contribution in [0.15, 0.2) is 18.2 Å². The SMILES string of the molecule is CCOc1cc(CNC(=O)C2CC2)ccc1OC. The van der Waals surface area contributed by atoms with E-state index in [1.165, 1.54) is 0 Å². The molecular formula is C14H19NO3. The van der Waals surface area contributed by atoms with E-state index >= 15 is 0 Å². The molecule has 98 valence electrons. The number of ether oxygens (including phenoxy) is 2. The Kier molecular flexibility index (Phi) is 4.07. The van der Waals surface area contributed by atoms with Gasteiger partial charge in [0.1, 0.15) is 0 Å². The summed E-state index contributed by atoms with van der Waals surface area (Å²) < 4.78 is 10.7. The van der Waals surface area contributed by atoms with Gasteiger partial charge >= 0.3 is 0 Å². The molecule has 1 amide bonds. The van der Waals surface area contributed by atoms with Crippen molar-refractivity contribution in [1.29, 1.82) is 0 Å². The Balaban J connectivity index is 1.98. The number of benzene rings is 1. The molecule has 0 aromatic heterocycles. The summed E-state index contributed by atoms with van der Waals surface area (Å²) in [6, 6.07) is 5.72. The van der Waals surface area contributed by atoms with Crippen molar-refractivity contribution in [1.82, 2.24) is 5.32 Å². The summed E-state index contributed by atoms with van der Waals surface area (Å²) in [6.07, 6.45) is 2.05. The van der Waals surface area contributed by atoms with E-state index < -0.39 is 0 Å². The van der Waals surface area contributed by atoms with Crippen LogP contribution in [0.4, 0.5) is 0 Å². The lowest BCUT2D eigenvalue weighted by Crippen LogP contribution is -2.24. The van der Waals surface area contributed by atoms with E-state index in [9.17, 15) is 4.79 Å². The lowest BCUT2D eigenvalue weighted by atomic mass is 10.2. The highest BCUT2D eigenvalue weighted by molar-refractivity contribution is 5.80. The van der Waals surface area contributed by atoms with Gasteiger partial charge < -0.3 is 14.8 Å². The Bertz CT molecular complexity index is 427. The Morgan fingerprint density at radius 3 is 2.78 bits per heavy atom. The van der Waals surface area contributed by atoms with Crippen LogP contribution in [-0.4, -0.2) is 19.6 Å². The average molecular weight is 249 g/mol. The summed E-state index contributed by atoms with van der Waals surface area (Å²) in [7, 11) is 1.62. The fraction of sp³-hybridized carbons (Fsp3) is 0.500. The number of amides is 1. The maximum atomic E-state index is 11.5. The number of rotatable bonds is 6. The van der Waals surface area contributed by atoms with Crippen molar-refractivity contribution in [3.63, 3.8) is 0 Å². The van der Waals surface area contributed by atoms with Gasteiger partial charge in [-0.3, -0.25) is 4.79 Å². The molecule has 1 aliphatic rings. The third kappa shape index (κ3) is 3.15. The van der Waals surface area contributed by atoms with Crippen molar-refractivity contribution in [3.05, 3.63) is 23.8 Å². The molecule has 1 saturated carbocycles. The van der Waals surface area contributed by atoms with E-state index in [4.69, 9.17) is 9.47 Å². The fourth-order valence-corrected chi connectivity index (χ4v) is 1.78. The van der Waals surface area contributed by atoms with Gasteiger partial charge in [-0.25, -0.2) is 0 Å². The number of nitrogens with one attached hydrogen (secondary N) is 1. The first kappa shape index (κ1) is 12.7. The molecule has 0 saturated heterocycles. The van der Waals surface area contributed by atoms with Crippen molar-refractivity contribution < 1.29 is 14.3 Å². The molecule has 18 heavy (non-hydrogen) atoms. The molecule has 0 atom stereocenters. The van der Waals surface area contributed by atoms with Gasteiger partial charge in [0.25, 0.3) is 0 Å². The van der Waals surface area contributed by atoms with Crippen LogP contribution in [0, 0.1) is 5.92 Å². The molecule has 0 spiro atoms. The van der Waals surface area contributed by atoms with Crippen LogP contribution >= 0.6 is 0 Å². The number of carbonyl (C=O) groups excluding carboxylic acids is 1. The Morgan fingerprint density at radius 1 is 1.39 bits per heavy atom. The molecule has 1 aromatic rings. The zero-order chi connectivity index (χ0) is 13.0. The first-order valence-electron chi connectivity index (χ1n) is 6.32. The summed E-state index contributed by atoms with van der Waals surface area (Å²) in [5, 5.41) is 2.93. The second kappa shape index (κ2) is 5.76. The minimum atomic E-state index is 0.156. The quantitative estimate of drug-likeness (QED) is 0.840. The molecule has 0 bridgehead atoms. The van der Waals surface area contributed by atoms with Crippen LogP contribution in [0.2, 0.25) is 0 Å². The van der Waals surface area contributed by atoms with Gasteiger partial charge in [0.05, 0.1) is 13.7 Å². The molecule has 4 nitrogen and oxygen atoms in total. The second-order valence-corrected chi connectivity index (χ2v) is 4.41. The minimum absolute atomic E-state index is 0.156. The van der Waals surface area contributed by atoms with Crippen LogP contribution in [0.3, 0.4) is 0 Å². The lowest BCUT2D eigenvalue weighted by Gasteiger charge is -2.11. The fourth-order valence-electron chi connectivity index (χ4n) is 1.78.